The van der Waals surface area contributed by atoms with E-state index in [-0.39, 0.29) is 6.04 Å². The van der Waals surface area contributed by atoms with Crippen LogP contribution < -0.4 is 0 Å². The minimum absolute atomic E-state index is 0.233. The summed E-state index contributed by atoms with van der Waals surface area (Å²) in [6.45, 7) is 2.07. The van der Waals surface area contributed by atoms with Crippen molar-refractivity contribution < 1.29 is 18.0 Å². The van der Waals surface area contributed by atoms with E-state index in [1.54, 1.807) is 0 Å². The molecule has 0 aromatic heterocycles. The summed E-state index contributed by atoms with van der Waals surface area (Å²) in [4.78, 5) is 12.9. The van der Waals surface area contributed by atoms with Gasteiger partial charge in [-0.15, -0.1) is 0 Å². The molecule has 0 unspecified atom stereocenters. The average molecular weight is 222 g/mol. The Morgan fingerprint density at radius 1 is 1.47 bits per heavy atom. The van der Waals surface area contributed by atoms with Crippen molar-refractivity contribution in [1.29, 1.82) is 0 Å². The number of hydrogen-bond acceptors (Lipinski definition) is 2. The molecule has 0 spiro atoms. The smallest absolute Gasteiger partial charge is 0.364 e. The molecule has 86 valence electrons. The van der Waals surface area contributed by atoms with Gasteiger partial charge in [-0.3, -0.25) is 4.79 Å². The summed E-state index contributed by atoms with van der Waals surface area (Å²) in [5, 5.41) is 0. The molecule has 15 heavy (non-hydrogen) atoms. The molecule has 0 atom stereocenters. The lowest BCUT2D eigenvalue weighted by Crippen LogP contribution is -2.58. The molecule has 6 heteroatoms. The summed E-state index contributed by atoms with van der Waals surface area (Å²) in [7, 11) is 1.40. The molecule has 0 radical (unpaired) electrons. The van der Waals surface area contributed by atoms with Crippen molar-refractivity contribution in [2.24, 2.45) is 0 Å². The minimum Gasteiger partial charge on any atom is -0.364 e. The zero-order chi connectivity index (χ0) is 11.6. The number of allylic oxidation sites excluding steroid dienone is 2. The first-order valence-corrected chi connectivity index (χ1v) is 4.55. The minimum atomic E-state index is -4.33. The molecule has 1 amide bonds. The summed E-state index contributed by atoms with van der Waals surface area (Å²) in [5.41, 5.74) is -0.655. The summed E-state index contributed by atoms with van der Waals surface area (Å²) in [5.74, 6) is 0. The zero-order valence-electron chi connectivity index (χ0n) is 8.58. The number of amides is 1. The van der Waals surface area contributed by atoms with Crippen LogP contribution in [-0.4, -0.2) is 48.6 Å². The van der Waals surface area contributed by atoms with Crippen molar-refractivity contribution in [3.05, 3.63) is 11.8 Å². The van der Waals surface area contributed by atoms with Crippen LogP contribution in [0.15, 0.2) is 11.8 Å². The lowest BCUT2D eigenvalue weighted by Gasteiger charge is -2.43. The Balaban J connectivity index is 2.61. The molecule has 0 aromatic carbocycles. The maximum atomic E-state index is 12.5. The van der Waals surface area contributed by atoms with Gasteiger partial charge in [-0.25, -0.2) is 0 Å². The van der Waals surface area contributed by atoms with Crippen molar-refractivity contribution in [2.45, 2.75) is 19.1 Å². The van der Waals surface area contributed by atoms with Gasteiger partial charge < -0.3 is 9.80 Å². The van der Waals surface area contributed by atoms with Crippen LogP contribution in [-0.2, 0) is 4.79 Å². The van der Waals surface area contributed by atoms with E-state index in [4.69, 9.17) is 0 Å². The molecule has 0 saturated carbocycles. The number of nitrogens with zero attached hydrogens (tertiary/aromatic N) is 2. The van der Waals surface area contributed by atoms with Gasteiger partial charge in [-0.1, -0.05) is 6.08 Å². The number of likely N-dealkylation sites (tertiary alicyclic amines) is 1. The second kappa shape index (κ2) is 4.12. The van der Waals surface area contributed by atoms with Crippen LogP contribution in [0.2, 0.25) is 0 Å². The van der Waals surface area contributed by atoms with Gasteiger partial charge in [-0.2, -0.15) is 13.2 Å². The topological polar surface area (TPSA) is 23.6 Å². The standard InChI is InChI=1S/C9H13F3N2O/c1-3-8(9(10,11)12)13(2)7-4-14(5-7)6-15/h3,6-7H,4-5H2,1-2H3/b8-3-. The average Bonchev–Trinajstić information content (AvgIpc) is 2.00. The number of hydrogen-bond donors (Lipinski definition) is 0. The SMILES string of the molecule is C/C=C(\N(C)C1CN(C=O)C1)C(F)(F)F. The number of carbonyl (C=O) groups is 1. The summed E-state index contributed by atoms with van der Waals surface area (Å²) >= 11 is 0. The Morgan fingerprint density at radius 2 is 2.00 bits per heavy atom. The molecule has 1 aliphatic heterocycles. The van der Waals surface area contributed by atoms with E-state index in [9.17, 15) is 18.0 Å². The van der Waals surface area contributed by atoms with Crippen molar-refractivity contribution in [3.8, 4) is 0 Å². The summed E-state index contributed by atoms with van der Waals surface area (Å²) in [6.07, 6.45) is -2.64. The largest absolute Gasteiger partial charge is 0.430 e. The van der Waals surface area contributed by atoms with E-state index in [1.807, 2.05) is 0 Å². The number of rotatable bonds is 3. The Hall–Kier alpha value is -1.20. The number of halogens is 3. The predicted octanol–water partition coefficient (Wildman–Crippen LogP) is 1.22. The highest BCUT2D eigenvalue weighted by Crippen LogP contribution is 2.30. The molecule has 3 nitrogen and oxygen atoms in total. The third kappa shape index (κ3) is 2.43. The van der Waals surface area contributed by atoms with Crippen LogP contribution in [0.25, 0.3) is 0 Å². The first-order valence-electron chi connectivity index (χ1n) is 4.55. The quantitative estimate of drug-likeness (QED) is 0.670. The highest BCUT2D eigenvalue weighted by atomic mass is 19.4. The Bertz CT molecular complexity index is 269. The first kappa shape index (κ1) is 11.9. The van der Waals surface area contributed by atoms with Crippen LogP contribution in [0.1, 0.15) is 6.92 Å². The fourth-order valence-corrected chi connectivity index (χ4v) is 1.58. The van der Waals surface area contributed by atoms with Gasteiger partial charge in [0.1, 0.15) is 5.70 Å². The van der Waals surface area contributed by atoms with Crippen LogP contribution in [0, 0.1) is 0 Å². The van der Waals surface area contributed by atoms with Crippen molar-refractivity contribution in [3.63, 3.8) is 0 Å². The van der Waals surface area contributed by atoms with E-state index in [0.29, 0.717) is 19.5 Å². The summed E-state index contributed by atoms with van der Waals surface area (Å²) in [6, 6.07) is -0.233. The van der Waals surface area contributed by atoms with E-state index in [2.05, 4.69) is 0 Å². The molecule has 0 N–H and O–H groups in total. The number of alkyl halides is 3. The molecular weight excluding hydrogens is 209 g/mol. The number of carbonyl (C=O) groups excluding carboxylic acids is 1. The monoisotopic (exact) mass is 222 g/mol. The van der Waals surface area contributed by atoms with Gasteiger partial charge in [0.05, 0.1) is 6.04 Å². The van der Waals surface area contributed by atoms with Gasteiger partial charge in [0.2, 0.25) is 6.41 Å². The van der Waals surface area contributed by atoms with Gasteiger partial charge in [0, 0.05) is 20.1 Å². The van der Waals surface area contributed by atoms with Crippen molar-refractivity contribution in [2.75, 3.05) is 20.1 Å². The highest BCUT2D eigenvalue weighted by Gasteiger charge is 2.40. The zero-order valence-corrected chi connectivity index (χ0v) is 8.58. The maximum absolute atomic E-state index is 12.5. The highest BCUT2D eigenvalue weighted by molar-refractivity contribution is 5.49. The molecule has 1 fully saturated rings. The maximum Gasteiger partial charge on any atom is 0.430 e. The molecule has 1 rings (SSSR count). The van der Waals surface area contributed by atoms with Gasteiger partial charge in [-0.05, 0) is 6.92 Å². The van der Waals surface area contributed by atoms with E-state index < -0.39 is 11.9 Å². The van der Waals surface area contributed by atoms with E-state index >= 15 is 0 Å². The summed E-state index contributed by atoms with van der Waals surface area (Å²) < 4.78 is 37.4. The normalized spacial score (nSPS) is 18.7. The van der Waals surface area contributed by atoms with Gasteiger partial charge >= 0.3 is 6.18 Å². The van der Waals surface area contributed by atoms with Crippen LogP contribution in [0.5, 0.6) is 0 Å². The fraction of sp³-hybridized carbons (Fsp3) is 0.667. The predicted molar refractivity (Wildman–Crippen MR) is 49.0 cm³/mol. The van der Waals surface area contributed by atoms with Crippen molar-refractivity contribution in [1.82, 2.24) is 9.80 Å². The Kier molecular flexibility index (Phi) is 3.26. The molecule has 1 saturated heterocycles. The lowest BCUT2D eigenvalue weighted by molar-refractivity contribution is -0.130. The molecule has 0 aromatic rings. The first-order chi connectivity index (χ1) is 6.90. The number of likely N-dealkylation sites (N-methyl/N-ethyl adjacent to an activating group) is 1. The van der Waals surface area contributed by atoms with E-state index in [1.165, 1.54) is 23.8 Å². The van der Waals surface area contributed by atoms with E-state index in [0.717, 1.165) is 6.08 Å². The second-order valence-electron chi connectivity index (χ2n) is 3.50. The van der Waals surface area contributed by atoms with Crippen LogP contribution >= 0.6 is 0 Å². The van der Waals surface area contributed by atoms with Crippen molar-refractivity contribution >= 4 is 6.41 Å². The fourth-order valence-electron chi connectivity index (χ4n) is 1.58. The van der Waals surface area contributed by atoms with Gasteiger partial charge in [0.25, 0.3) is 0 Å². The van der Waals surface area contributed by atoms with Crippen LogP contribution in [0.3, 0.4) is 0 Å². The van der Waals surface area contributed by atoms with Gasteiger partial charge in [0.15, 0.2) is 0 Å². The lowest BCUT2D eigenvalue weighted by atomic mass is 10.1. The Labute approximate surface area is 86.1 Å². The second-order valence-corrected chi connectivity index (χ2v) is 3.50. The third-order valence-electron chi connectivity index (χ3n) is 2.53. The Morgan fingerprint density at radius 3 is 2.33 bits per heavy atom. The molecule has 0 bridgehead atoms. The molecule has 1 heterocycles. The molecule has 0 aliphatic carbocycles. The molecular formula is C9H13F3N2O. The third-order valence-corrected chi connectivity index (χ3v) is 2.53. The molecule has 1 aliphatic rings. The van der Waals surface area contributed by atoms with Crippen LogP contribution in [0.4, 0.5) is 13.2 Å².